The van der Waals surface area contributed by atoms with Crippen molar-refractivity contribution in [1.29, 1.82) is 0 Å². The van der Waals surface area contributed by atoms with E-state index in [4.69, 9.17) is 46.4 Å². The Morgan fingerprint density at radius 2 is 1.24 bits per heavy atom. The van der Waals surface area contributed by atoms with Crippen LogP contribution in [0.1, 0.15) is 16.7 Å². The first-order chi connectivity index (χ1) is 13.8. The highest BCUT2D eigenvalue weighted by Crippen LogP contribution is 2.31. The van der Waals surface area contributed by atoms with Gasteiger partial charge in [0.1, 0.15) is 0 Å². The first-order valence-electron chi connectivity index (χ1n) is 8.33. The van der Waals surface area contributed by atoms with Gasteiger partial charge in [0, 0.05) is 20.1 Å². The number of benzene rings is 3. The van der Waals surface area contributed by atoms with Gasteiger partial charge in [0.2, 0.25) is 0 Å². The SMILES string of the molecule is O=C(N/N=C/c1cc(Cl)cc(Cl)c1)C(O)(c1ccc(Cl)cc1)c1ccc(Cl)cc1. The molecule has 0 saturated carbocycles. The van der Waals surface area contributed by atoms with E-state index in [1.54, 1.807) is 66.7 Å². The minimum absolute atomic E-state index is 0.322. The van der Waals surface area contributed by atoms with Crippen molar-refractivity contribution < 1.29 is 9.90 Å². The van der Waals surface area contributed by atoms with Crippen LogP contribution in [-0.4, -0.2) is 17.2 Å². The summed E-state index contributed by atoms with van der Waals surface area (Å²) in [5, 5.41) is 17.1. The van der Waals surface area contributed by atoms with E-state index in [1.165, 1.54) is 6.21 Å². The standard InChI is InChI=1S/C21H14Cl4N2O2/c22-16-5-1-14(2-6-16)21(29,15-3-7-17(23)8-4-15)20(28)27-26-12-13-9-18(24)11-19(25)10-13/h1-12,29H,(H,27,28)/b26-12+. The molecule has 0 aliphatic carbocycles. The molecule has 0 bridgehead atoms. The Morgan fingerprint density at radius 3 is 1.69 bits per heavy atom. The fourth-order valence-corrected chi connectivity index (χ4v) is 3.50. The first kappa shape index (κ1) is 21.6. The van der Waals surface area contributed by atoms with Gasteiger partial charge in [-0.3, -0.25) is 4.79 Å². The van der Waals surface area contributed by atoms with Crippen LogP contribution in [0.2, 0.25) is 20.1 Å². The van der Waals surface area contributed by atoms with Crippen molar-refractivity contribution in [2.45, 2.75) is 5.60 Å². The summed E-state index contributed by atoms with van der Waals surface area (Å²) in [6.07, 6.45) is 1.37. The molecule has 0 aliphatic rings. The lowest BCUT2D eigenvalue weighted by atomic mass is 9.85. The molecule has 0 unspecified atom stereocenters. The number of hydrogen-bond acceptors (Lipinski definition) is 3. The quantitative estimate of drug-likeness (QED) is 0.374. The number of carbonyl (C=O) groups is 1. The lowest BCUT2D eigenvalue weighted by molar-refractivity contribution is -0.136. The topological polar surface area (TPSA) is 61.7 Å². The molecule has 2 N–H and O–H groups in total. The number of rotatable bonds is 5. The molecule has 0 spiro atoms. The van der Waals surface area contributed by atoms with Crippen LogP contribution in [0.5, 0.6) is 0 Å². The number of amides is 1. The van der Waals surface area contributed by atoms with Gasteiger partial charge in [-0.15, -0.1) is 0 Å². The number of hydrazone groups is 1. The fourth-order valence-electron chi connectivity index (χ4n) is 2.71. The van der Waals surface area contributed by atoms with Crippen molar-refractivity contribution >= 4 is 58.5 Å². The molecular weight excluding hydrogens is 454 g/mol. The summed E-state index contributed by atoms with van der Waals surface area (Å²) >= 11 is 23.8. The number of halogens is 4. The average molecular weight is 468 g/mol. The summed E-state index contributed by atoms with van der Waals surface area (Å²) in [4.78, 5) is 13.0. The Balaban J connectivity index is 1.93. The van der Waals surface area contributed by atoms with Gasteiger partial charge in [-0.1, -0.05) is 70.7 Å². The van der Waals surface area contributed by atoms with E-state index in [0.29, 0.717) is 36.8 Å². The number of nitrogens with one attached hydrogen (secondary N) is 1. The summed E-state index contributed by atoms with van der Waals surface area (Å²) in [5.74, 6) is -0.758. The molecule has 3 rings (SSSR count). The van der Waals surface area contributed by atoms with Gasteiger partial charge in [0.15, 0.2) is 5.60 Å². The molecule has 148 valence electrons. The van der Waals surface area contributed by atoms with Crippen molar-refractivity contribution in [2.24, 2.45) is 5.10 Å². The van der Waals surface area contributed by atoms with E-state index < -0.39 is 11.5 Å². The van der Waals surface area contributed by atoms with Crippen LogP contribution in [0.15, 0.2) is 71.8 Å². The lowest BCUT2D eigenvalue weighted by Crippen LogP contribution is -2.43. The first-order valence-corrected chi connectivity index (χ1v) is 9.84. The average Bonchev–Trinajstić information content (AvgIpc) is 2.67. The third-order valence-electron chi connectivity index (χ3n) is 4.12. The molecule has 0 atom stereocenters. The maximum atomic E-state index is 13.0. The van der Waals surface area contributed by atoms with Gasteiger partial charge in [-0.05, 0) is 59.2 Å². The van der Waals surface area contributed by atoms with E-state index in [9.17, 15) is 9.90 Å². The number of carbonyl (C=O) groups excluding carboxylic acids is 1. The van der Waals surface area contributed by atoms with E-state index in [2.05, 4.69) is 10.5 Å². The van der Waals surface area contributed by atoms with Crippen LogP contribution in [0.25, 0.3) is 0 Å². The summed E-state index contributed by atoms with van der Waals surface area (Å²) in [6.45, 7) is 0. The van der Waals surface area contributed by atoms with Crippen molar-refractivity contribution in [2.75, 3.05) is 0 Å². The van der Waals surface area contributed by atoms with Crippen molar-refractivity contribution in [3.05, 3.63) is 104 Å². The van der Waals surface area contributed by atoms with E-state index in [-0.39, 0.29) is 0 Å². The zero-order valence-corrected chi connectivity index (χ0v) is 17.8. The van der Waals surface area contributed by atoms with Crippen molar-refractivity contribution in [1.82, 2.24) is 5.43 Å². The molecule has 0 fully saturated rings. The lowest BCUT2D eigenvalue weighted by Gasteiger charge is -2.27. The van der Waals surface area contributed by atoms with Gasteiger partial charge >= 0.3 is 0 Å². The van der Waals surface area contributed by atoms with E-state index in [1.807, 2.05) is 0 Å². The van der Waals surface area contributed by atoms with Gasteiger partial charge < -0.3 is 5.11 Å². The molecular formula is C21H14Cl4N2O2. The molecule has 0 aliphatic heterocycles. The van der Waals surface area contributed by atoms with Crippen molar-refractivity contribution in [3.8, 4) is 0 Å². The molecule has 3 aromatic carbocycles. The Hall–Kier alpha value is -2.08. The summed E-state index contributed by atoms with van der Waals surface area (Å²) < 4.78 is 0. The van der Waals surface area contributed by atoms with Crippen LogP contribution in [0.4, 0.5) is 0 Å². The molecule has 8 heteroatoms. The number of aliphatic hydroxyl groups is 1. The highest BCUT2D eigenvalue weighted by Gasteiger charge is 2.40. The molecule has 4 nitrogen and oxygen atoms in total. The minimum atomic E-state index is -2.02. The predicted molar refractivity (Wildman–Crippen MR) is 118 cm³/mol. The second-order valence-corrected chi connectivity index (χ2v) is 7.87. The van der Waals surface area contributed by atoms with E-state index in [0.717, 1.165) is 0 Å². The second-order valence-electron chi connectivity index (χ2n) is 6.13. The fraction of sp³-hybridized carbons (Fsp3) is 0.0476. The number of hydrogen-bond donors (Lipinski definition) is 2. The summed E-state index contributed by atoms with van der Waals surface area (Å²) in [5.41, 5.74) is 1.58. The molecule has 0 aromatic heterocycles. The Labute approximate surface area is 187 Å². The Kier molecular flexibility index (Phi) is 6.83. The van der Waals surface area contributed by atoms with E-state index >= 15 is 0 Å². The van der Waals surface area contributed by atoms with Gasteiger partial charge in [-0.25, -0.2) is 5.43 Å². The maximum Gasteiger partial charge on any atom is 0.281 e. The molecule has 1 amide bonds. The molecule has 3 aromatic rings. The van der Waals surface area contributed by atoms with Crippen LogP contribution in [0.3, 0.4) is 0 Å². The molecule has 0 radical (unpaired) electrons. The molecule has 0 heterocycles. The molecule has 29 heavy (non-hydrogen) atoms. The summed E-state index contributed by atoms with van der Waals surface area (Å²) in [6, 6.07) is 17.5. The smallest absolute Gasteiger partial charge is 0.281 e. The zero-order chi connectivity index (χ0) is 21.0. The van der Waals surface area contributed by atoms with Crippen LogP contribution >= 0.6 is 46.4 Å². The van der Waals surface area contributed by atoms with Gasteiger partial charge in [0.25, 0.3) is 5.91 Å². The Morgan fingerprint density at radius 1 is 0.793 bits per heavy atom. The van der Waals surface area contributed by atoms with Crippen LogP contribution in [-0.2, 0) is 10.4 Å². The van der Waals surface area contributed by atoms with Crippen LogP contribution < -0.4 is 5.43 Å². The van der Waals surface area contributed by atoms with Crippen molar-refractivity contribution in [3.63, 3.8) is 0 Å². The highest BCUT2D eigenvalue weighted by molar-refractivity contribution is 6.35. The monoisotopic (exact) mass is 466 g/mol. The third kappa shape index (κ3) is 5.10. The number of nitrogens with zero attached hydrogens (tertiary/aromatic N) is 1. The zero-order valence-electron chi connectivity index (χ0n) is 14.7. The second kappa shape index (κ2) is 9.16. The molecule has 0 saturated heterocycles. The predicted octanol–water partition coefficient (Wildman–Crippen LogP) is 5.69. The normalized spacial score (nSPS) is 11.6. The largest absolute Gasteiger partial charge is 0.372 e. The Bertz CT molecular complexity index is 986. The minimum Gasteiger partial charge on any atom is -0.372 e. The van der Waals surface area contributed by atoms with Gasteiger partial charge in [0.05, 0.1) is 6.21 Å². The highest BCUT2D eigenvalue weighted by atomic mass is 35.5. The summed E-state index contributed by atoms with van der Waals surface area (Å²) in [7, 11) is 0. The van der Waals surface area contributed by atoms with Crippen LogP contribution in [0, 0.1) is 0 Å². The maximum absolute atomic E-state index is 13.0. The van der Waals surface area contributed by atoms with Gasteiger partial charge in [-0.2, -0.15) is 5.10 Å². The third-order valence-corrected chi connectivity index (χ3v) is 5.06.